The molecule has 0 aromatic heterocycles. The van der Waals surface area contributed by atoms with E-state index in [1.54, 1.807) is 7.11 Å². The van der Waals surface area contributed by atoms with Gasteiger partial charge in [-0.2, -0.15) is 0 Å². The van der Waals surface area contributed by atoms with E-state index in [-0.39, 0.29) is 36.3 Å². The summed E-state index contributed by atoms with van der Waals surface area (Å²) in [6.45, 7) is 0.656. The first kappa shape index (κ1) is 14.7. The molecule has 6 heteroatoms. The largest absolute Gasteiger partial charge is 0.496 e. The molecule has 6 nitrogen and oxygen atoms in total. The Morgan fingerprint density at radius 1 is 1.38 bits per heavy atom. The number of rotatable bonds is 2. The lowest BCUT2D eigenvalue weighted by Crippen LogP contribution is -2.64. The van der Waals surface area contributed by atoms with Crippen molar-refractivity contribution in [3.05, 3.63) is 29.3 Å². The highest BCUT2D eigenvalue weighted by atomic mass is 16.5. The number of nitrogens with zero attached hydrogens (tertiary/aromatic N) is 2. The van der Waals surface area contributed by atoms with Crippen LogP contribution in [0.1, 0.15) is 23.6 Å². The van der Waals surface area contributed by atoms with Crippen LogP contribution in [0.4, 0.5) is 0 Å². The van der Waals surface area contributed by atoms with Crippen molar-refractivity contribution in [3.8, 4) is 5.75 Å². The lowest BCUT2D eigenvalue weighted by molar-refractivity contribution is -0.144. The molecule has 1 aromatic rings. The summed E-state index contributed by atoms with van der Waals surface area (Å²) in [5, 5.41) is 9.71. The maximum atomic E-state index is 11.8. The van der Waals surface area contributed by atoms with Gasteiger partial charge < -0.3 is 14.6 Å². The van der Waals surface area contributed by atoms with E-state index < -0.39 is 5.97 Å². The zero-order valence-corrected chi connectivity index (χ0v) is 13.9. The van der Waals surface area contributed by atoms with Crippen molar-refractivity contribution in [1.82, 2.24) is 9.80 Å². The highest BCUT2D eigenvalue weighted by molar-refractivity contribution is 5.72. The zero-order chi connectivity index (χ0) is 16.6. The van der Waals surface area contributed by atoms with Crippen LogP contribution in [0.15, 0.2) is 18.2 Å². The number of likely N-dealkylation sites (N-methyl/N-ethyl adjacent to an activating group) is 1. The summed E-state index contributed by atoms with van der Waals surface area (Å²) in [4.78, 5) is 16.5. The average molecular weight is 330 g/mol. The van der Waals surface area contributed by atoms with Crippen molar-refractivity contribution >= 4 is 5.97 Å². The molecule has 0 spiro atoms. The van der Waals surface area contributed by atoms with Crippen LogP contribution in [0.2, 0.25) is 0 Å². The molecule has 0 aliphatic carbocycles. The third kappa shape index (κ3) is 1.68. The molecular formula is C18H22N2O4. The normalized spacial score (nSPS) is 40.2. The van der Waals surface area contributed by atoms with Gasteiger partial charge in [-0.3, -0.25) is 14.6 Å². The van der Waals surface area contributed by atoms with Gasteiger partial charge in [0.15, 0.2) is 0 Å². The number of hydrogen-bond acceptors (Lipinski definition) is 5. The Labute approximate surface area is 140 Å². The monoisotopic (exact) mass is 330 g/mol. The van der Waals surface area contributed by atoms with Gasteiger partial charge in [0.05, 0.1) is 31.7 Å². The van der Waals surface area contributed by atoms with Crippen LogP contribution in [0.3, 0.4) is 0 Å². The number of methoxy groups -OCH3 is 1. The Morgan fingerprint density at radius 2 is 2.21 bits per heavy atom. The first-order valence-corrected chi connectivity index (χ1v) is 8.61. The summed E-state index contributed by atoms with van der Waals surface area (Å²) in [7, 11) is 3.77. The van der Waals surface area contributed by atoms with Crippen LogP contribution in [-0.4, -0.2) is 66.0 Å². The molecular weight excluding hydrogens is 308 g/mol. The van der Waals surface area contributed by atoms with Crippen LogP contribution in [0.25, 0.3) is 0 Å². The summed E-state index contributed by atoms with van der Waals surface area (Å²) in [6, 6.07) is 6.76. The van der Waals surface area contributed by atoms with Crippen LogP contribution < -0.4 is 4.74 Å². The first-order chi connectivity index (χ1) is 11.6. The summed E-state index contributed by atoms with van der Waals surface area (Å²) in [6.07, 6.45) is 1.52. The molecule has 2 bridgehead atoms. The van der Waals surface area contributed by atoms with Gasteiger partial charge in [-0.05, 0) is 31.5 Å². The van der Waals surface area contributed by atoms with E-state index in [1.807, 2.05) is 12.1 Å². The van der Waals surface area contributed by atoms with E-state index in [1.165, 1.54) is 11.1 Å². The molecule has 4 aliphatic heterocycles. The number of carboxylic acid groups (broad SMARTS) is 1. The quantitative estimate of drug-likeness (QED) is 0.876. The summed E-state index contributed by atoms with van der Waals surface area (Å²) in [5.74, 6) is -0.0724. The van der Waals surface area contributed by atoms with E-state index in [2.05, 4.69) is 22.9 Å². The lowest BCUT2D eigenvalue weighted by atomic mass is 9.82. The number of benzene rings is 1. The predicted molar refractivity (Wildman–Crippen MR) is 85.9 cm³/mol. The molecule has 4 heterocycles. The molecule has 0 radical (unpaired) electrons. The third-order valence-electron chi connectivity index (χ3n) is 6.54. The summed E-state index contributed by atoms with van der Waals surface area (Å²) in [5.41, 5.74) is 2.50. The standard InChI is InChI=1S/C18H22N2O4/c1-19-12-7-10(18(21)22)16(19)11-6-9-4-3-5-14(23-2)15(9)13-8-24-17(12)20(11)13/h3-5,10-13,16-17H,6-8H2,1-2H3,(H,21,22)/t10-,11+,12+,13+,16-,17?/m1/s1. The molecule has 24 heavy (non-hydrogen) atoms. The number of aliphatic carboxylic acids is 1. The second-order valence-electron chi connectivity index (χ2n) is 7.40. The van der Waals surface area contributed by atoms with Crippen molar-refractivity contribution < 1.29 is 19.4 Å². The Bertz CT molecular complexity index is 708. The fraction of sp³-hybridized carbons (Fsp3) is 0.611. The van der Waals surface area contributed by atoms with E-state index >= 15 is 0 Å². The number of carboxylic acids is 1. The Kier molecular flexibility index (Phi) is 3.02. The Balaban J connectivity index is 1.64. The van der Waals surface area contributed by atoms with E-state index in [0.717, 1.165) is 12.2 Å². The van der Waals surface area contributed by atoms with E-state index in [9.17, 15) is 9.90 Å². The molecule has 3 fully saturated rings. The van der Waals surface area contributed by atoms with Gasteiger partial charge >= 0.3 is 5.97 Å². The maximum Gasteiger partial charge on any atom is 0.308 e. The number of piperazine rings is 1. The molecule has 128 valence electrons. The van der Waals surface area contributed by atoms with Gasteiger partial charge in [0.1, 0.15) is 12.0 Å². The number of fused-ring (bicyclic) bond motifs is 6. The van der Waals surface area contributed by atoms with Gasteiger partial charge in [0, 0.05) is 17.6 Å². The molecule has 1 aromatic carbocycles. The fourth-order valence-electron chi connectivity index (χ4n) is 5.63. The van der Waals surface area contributed by atoms with Gasteiger partial charge in [-0.1, -0.05) is 12.1 Å². The highest BCUT2D eigenvalue weighted by Gasteiger charge is 2.62. The smallest absolute Gasteiger partial charge is 0.308 e. The van der Waals surface area contributed by atoms with E-state index in [4.69, 9.17) is 9.47 Å². The average Bonchev–Trinajstić information content (AvgIpc) is 3.10. The Morgan fingerprint density at radius 3 is 2.96 bits per heavy atom. The highest BCUT2D eigenvalue weighted by Crippen LogP contribution is 2.52. The predicted octanol–water partition coefficient (Wildman–Crippen LogP) is 1.11. The maximum absolute atomic E-state index is 11.8. The second-order valence-corrected chi connectivity index (χ2v) is 7.40. The molecule has 1 N–H and O–H groups in total. The van der Waals surface area contributed by atoms with Gasteiger partial charge in [-0.25, -0.2) is 0 Å². The minimum Gasteiger partial charge on any atom is -0.496 e. The second kappa shape index (κ2) is 4.94. The molecule has 3 saturated heterocycles. The van der Waals surface area contributed by atoms with Crippen LogP contribution in [0, 0.1) is 5.92 Å². The number of hydrogen-bond donors (Lipinski definition) is 1. The van der Waals surface area contributed by atoms with Crippen molar-refractivity contribution in [3.63, 3.8) is 0 Å². The molecule has 1 unspecified atom stereocenters. The van der Waals surface area contributed by atoms with Crippen molar-refractivity contribution in [2.75, 3.05) is 20.8 Å². The molecule has 6 atom stereocenters. The van der Waals surface area contributed by atoms with Crippen LogP contribution in [-0.2, 0) is 16.0 Å². The minimum atomic E-state index is -0.677. The Hall–Kier alpha value is -1.63. The lowest BCUT2D eigenvalue weighted by Gasteiger charge is -2.51. The van der Waals surface area contributed by atoms with Crippen molar-refractivity contribution in [1.29, 1.82) is 0 Å². The summed E-state index contributed by atoms with van der Waals surface area (Å²) >= 11 is 0. The number of ether oxygens (including phenoxy) is 2. The molecule has 0 amide bonds. The fourth-order valence-corrected chi connectivity index (χ4v) is 5.63. The van der Waals surface area contributed by atoms with Gasteiger partial charge in [-0.15, -0.1) is 0 Å². The van der Waals surface area contributed by atoms with Crippen LogP contribution >= 0.6 is 0 Å². The zero-order valence-electron chi connectivity index (χ0n) is 13.9. The van der Waals surface area contributed by atoms with Crippen molar-refractivity contribution in [2.24, 2.45) is 5.92 Å². The summed E-state index contributed by atoms with van der Waals surface area (Å²) < 4.78 is 11.8. The topological polar surface area (TPSA) is 62.2 Å². The molecule has 4 aliphatic rings. The van der Waals surface area contributed by atoms with Crippen molar-refractivity contribution in [2.45, 2.75) is 43.2 Å². The minimum absolute atomic E-state index is 0.0105. The molecule has 0 saturated carbocycles. The molecule has 5 rings (SSSR count). The SMILES string of the molecule is COc1cccc2c1[C@@H]1COC3[C@@H]4C[C@@H](C(=O)O)[C@H]([C@H](C2)N31)N4C. The van der Waals surface area contributed by atoms with E-state index in [0.29, 0.717) is 13.0 Å². The first-order valence-electron chi connectivity index (χ1n) is 8.61. The van der Waals surface area contributed by atoms with Gasteiger partial charge in [0.2, 0.25) is 0 Å². The van der Waals surface area contributed by atoms with Crippen LogP contribution in [0.5, 0.6) is 5.75 Å². The number of carbonyl (C=O) groups is 1. The third-order valence-corrected chi connectivity index (χ3v) is 6.54. The van der Waals surface area contributed by atoms with Gasteiger partial charge in [0.25, 0.3) is 0 Å².